The summed E-state index contributed by atoms with van der Waals surface area (Å²) in [5.74, 6) is 0. The van der Waals surface area contributed by atoms with Crippen molar-refractivity contribution in [3.05, 3.63) is 200 Å². The van der Waals surface area contributed by atoms with Crippen LogP contribution in [0.5, 0.6) is 0 Å². The first-order valence-electron chi connectivity index (χ1n) is 19.6. The molecule has 0 saturated carbocycles. The molecule has 0 aliphatic carbocycles. The zero-order valence-electron chi connectivity index (χ0n) is 31.2. The van der Waals surface area contributed by atoms with Gasteiger partial charge in [-0.1, -0.05) is 140 Å². The standard InChI is InChI=1S/C54H33NO3/c1-3-12-34(13-4-1)35-22-27-39(28-23-35)55(46-19-11-18-42-41-16-7-9-20-47(41)57-53(42)46)40-29-24-36(25-30-40)38-26-31-49-44(32-38)45-33-50-52(43-17-8-10-21-48(43)56-50)51(54(45)58-49)37-14-5-2-6-15-37/h1-33H. The Balaban J connectivity index is 0.992. The van der Waals surface area contributed by atoms with Crippen LogP contribution in [0.15, 0.2) is 213 Å². The van der Waals surface area contributed by atoms with E-state index in [4.69, 9.17) is 13.3 Å². The largest absolute Gasteiger partial charge is 0.456 e. The van der Waals surface area contributed by atoms with Crippen LogP contribution in [-0.4, -0.2) is 0 Å². The molecule has 4 nitrogen and oxygen atoms in total. The van der Waals surface area contributed by atoms with Gasteiger partial charge in [0.25, 0.3) is 0 Å². The van der Waals surface area contributed by atoms with Crippen LogP contribution in [0, 0.1) is 0 Å². The second-order valence-corrected chi connectivity index (χ2v) is 14.8. The molecule has 0 amide bonds. The molecule has 272 valence electrons. The summed E-state index contributed by atoms with van der Waals surface area (Å²) in [5, 5.41) is 6.43. The quantitative estimate of drug-likeness (QED) is 0.170. The molecule has 4 heteroatoms. The predicted molar refractivity (Wildman–Crippen MR) is 239 cm³/mol. The monoisotopic (exact) mass is 743 g/mol. The first-order valence-corrected chi connectivity index (χ1v) is 19.6. The van der Waals surface area contributed by atoms with E-state index in [9.17, 15) is 0 Å². The van der Waals surface area contributed by atoms with Crippen LogP contribution in [0.1, 0.15) is 0 Å². The Hall–Kier alpha value is -7.82. The van der Waals surface area contributed by atoms with Gasteiger partial charge in [-0.05, 0) is 88.5 Å². The summed E-state index contributed by atoms with van der Waals surface area (Å²) in [6.07, 6.45) is 0. The molecule has 0 atom stereocenters. The summed E-state index contributed by atoms with van der Waals surface area (Å²) in [7, 11) is 0. The average molecular weight is 744 g/mol. The second kappa shape index (κ2) is 12.9. The summed E-state index contributed by atoms with van der Waals surface area (Å²) in [6, 6.07) is 70.1. The topological polar surface area (TPSA) is 42.7 Å². The van der Waals surface area contributed by atoms with E-state index < -0.39 is 0 Å². The lowest BCUT2D eigenvalue weighted by atomic mass is 9.96. The van der Waals surface area contributed by atoms with E-state index in [2.05, 4.69) is 169 Å². The van der Waals surface area contributed by atoms with Crippen molar-refractivity contribution < 1.29 is 13.3 Å². The number of furan rings is 3. The van der Waals surface area contributed by atoms with Crippen molar-refractivity contribution >= 4 is 82.9 Å². The SMILES string of the molecule is c1ccc(-c2ccc(N(c3ccc(-c4ccc5oc6c(-c7ccccc7)c7c(cc6c5c4)oc4ccccc47)cc3)c3cccc4c3oc3ccccc34)cc2)cc1. The van der Waals surface area contributed by atoms with Gasteiger partial charge < -0.3 is 18.2 Å². The van der Waals surface area contributed by atoms with E-state index in [1.54, 1.807) is 0 Å². The Bertz CT molecular complexity index is 3480. The Morgan fingerprint density at radius 3 is 1.55 bits per heavy atom. The highest BCUT2D eigenvalue weighted by molar-refractivity contribution is 6.23. The predicted octanol–water partition coefficient (Wildman–Crippen LogP) is 15.9. The molecule has 0 saturated heterocycles. The van der Waals surface area contributed by atoms with Gasteiger partial charge in [0.1, 0.15) is 27.9 Å². The molecular weight excluding hydrogens is 711 g/mol. The van der Waals surface area contributed by atoms with Crippen molar-refractivity contribution in [2.45, 2.75) is 0 Å². The average Bonchev–Trinajstić information content (AvgIpc) is 3.98. The maximum atomic E-state index is 6.74. The smallest absolute Gasteiger partial charge is 0.159 e. The fourth-order valence-corrected chi connectivity index (χ4v) is 8.75. The number of rotatable bonds is 6. The lowest BCUT2D eigenvalue weighted by Gasteiger charge is -2.26. The minimum atomic E-state index is 0.841. The van der Waals surface area contributed by atoms with Crippen LogP contribution >= 0.6 is 0 Å². The van der Waals surface area contributed by atoms with Gasteiger partial charge in [0, 0.05) is 49.3 Å². The minimum absolute atomic E-state index is 0.841. The molecule has 0 radical (unpaired) electrons. The maximum absolute atomic E-state index is 6.74. The fraction of sp³-hybridized carbons (Fsp3) is 0. The normalized spacial score (nSPS) is 11.8. The summed E-state index contributed by atoms with van der Waals surface area (Å²) in [5.41, 5.74) is 14.9. The maximum Gasteiger partial charge on any atom is 0.159 e. The van der Waals surface area contributed by atoms with Crippen molar-refractivity contribution in [3.63, 3.8) is 0 Å². The lowest BCUT2D eigenvalue weighted by Crippen LogP contribution is -2.10. The van der Waals surface area contributed by atoms with E-state index in [-0.39, 0.29) is 0 Å². The van der Waals surface area contributed by atoms with Gasteiger partial charge in [-0.2, -0.15) is 0 Å². The van der Waals surface area contributed by atoms with Crippen LogP contribution in [0.3, 0.4) is 0 Å². The molecule has 3 aromatic heterocycles. The van der Waals surface area contributed by atoms with Crippen molar-refractivity contribution in [1.29, 1.82) is 0 Å². The van der Waals surface area contributed by atoms with E-state index in [1.807, 2.05) is 36.4 Å². The highest BCUT2D eigenvalue weighted by atomic mass is 16.3. The zero-order chi connectivity index (χ0) is 38.2. The molecule has 3 heterocycles. The fourth-order valence-electron chi connectivity index (χ4n) is 8.75. The first kappa shape index (κ1) is 32.4. The van der Waals surface area contributed by atoms with Crippen LogP contribution in [-0.2, 0) is 0 Å². The van der Waals surface area contributed by atoms with Gasteiger partial charge in [0.15, 0.2) is 5.58 Å². The molecule has 9 aromatic carbocycles. The van der Waals surface area contributed by atoms with Crippen LogP contribution < -0.4 is 4.90 Å². The third kappa shape index (κ3) is 5.09. The van der Waals surface area contributed by atoms with Crippen molar-refractivity contribution in [2.75, 3.05) is 4.90 Å². The molecule has 0 N–H and O–H groups in total. The molecule has 12 rings (SSSR count). The van der Waals surface area contributed by atoms with E-state index in [0.717, 1.165) is 105 Å². The molecular formula is C54H33NO3. The Morgan fingerprint density at radius 2 is 0.828 bits per heavy atom. The highest BCUT2D eigenvalue weighted by Gasteiger charge is 2.22. The van der Waals surface area contributed by atoms with Crippen molar-refractivity contribution in [3.8, 4) is 33.4 Å². The minimum Gasteiger partial charge on any atom is -0.456 e. The lowest BCUT2D eigenvalue weighted by molar-refractivity contribution is 0.664. The number of nitrogens with zero attached hydrogens (tertiary/aromatic N) is 1. The number of benzene rings is 9. The van der Waals surface area contributed by atoms with E-state index >= 15 is 0 Å². The first-order chi connectivity index (χ1) is 28.7. The van der Waals surface area contributed by atoms with Gasteiger partial charge in [-0.3, -0.25) is 0 Å². The second-order valence-electron chi connectivity index (χ2n) is 14.8. The number of fused-ring (bicyclic) bond motifs is 9. The van der Waals surface area contributed by atoms with Gasteiger partial charge in [0.05, 0.1) is 5.69 Å². The highest BCUT2D eigenvalue weighted by Crippen LogP contribution is 2.46. The molecule has 0 fully saturated rings. The number of para-hydroxylation sites is 3. The van der Waals surface area contributed by atoms with Crippen LogP contribution in [0.25, 0.3) is 99.2 Å². The van der Waals surface area contributed by atoms with Gasteiger partial charge in [-0.25, -0.2) is 0 Å². The summed E-state index contributed by atoms with van der Waals surface area (Å²) < 4.78 is 19.8. The Kier molecular flexibility index (Phi) is 7.20. The zero-order valence-corrected chi connectivity index (χ0v) is 31.2. The number of hydrogen-bond donors (Lipinski definition) is 0. The molecule has 0 bridgehead atoms. The molecule has 0 unspecified atom stereocenters. The molecule has 0 aliphatic heterocycles. The third-order valence-corrected chi connectivity index (χ3v) is 11.5. The summed E-state index contributed by atoms with van der Waals surface area (Å²) in [6.45, 7) is 0. The third-order valence-electron chi connectivity index (χ3n) is 11.5. The molecule has 58 heavy (non-hydrogen) atoms. The molecule has 0 spiro atoms. The van der Waals surface area contributed by atoms with E-state index in [1.165, 1.54) is 11.1 Å². The van der Waals surface area contributed by atoms with Gasteiger partial charge >= 0.3 is 0 Å². The van der Waals surface area contributed by atoms with Gasteiger partial charge in [0.2, 0.25) is 0 Å². The van der Waals surface area contributed by atoms with Gasteiger partial charge in [-0.15, -0.1) is 0 Å². The number of anilines is 3. The van der Waals surface area contributed by atoms with Crippen molar-refractivity contribution in [1.82, 2.24) is 0 Å². The Morgan fingerprint density at radius 1 is 0.293 bits per heavy atom. The summed E-state index contributed by atoms with van der Waals surface area (Å²) in [4.78, 5) is 2.29. The number of hydrogen-bond acceptors (Lipinski definition) is 4. The van der Waals surface area contributed by atoms with Crippen LogP contribution in [0.2, 0.25) is 0 Å². The molecule has 12 aromatic rings. The summed E-state index contributed by atoms with van der Waals surface area (Å²) >= 11 is 0. The van der Waals surface area contributed by atoms with Crippen molar-refractivity contribution in [2.24, 2.45) is 0 Å². The van der Waals surface area contributed by atoms with Crippen LogP contribution in [0.4, 0.5) is 17.1 Å². The molecule has 0 aliphatic rings. The van der Waals surface area contributed by atoms with E-state index in [0.29, 0.717) is 0 Å². The Labute approximate surface area is 333 Å².